The number of thiophene rings is 1. The van der Waals surface area contributed by atoms with Crippen LogP contribution < -0.4 is 5.32 Å². The molecule has 2 aromatic rings. The fourth-order valence-electron chi connectivity index (χ4n) is 2.25. The number of rotatable bonds is 4. The molecule has 0 bridgehead atoms. The zero-order valence-electron chi connectivity index (χ0n) is 11.8. The minimum Gasteiger partial charge on any atom is -0.341 e. The topological polar surface area (TPSA) is 15.3 Å². The number of nitrogens with zero attached hydrogens (tertiary/aromatic N) is 1. The number of halogens is 1. The van der Waals surface area contributed by atoms with E-state index in [1.807, 2.05) is 18.2 Å². The van der Waals surface area contributed by atoms with Crippen molar-refractivity contribution in [2.45, 2.75) is 32.4 Å². The summed E-state index contributed by atoms with van der Waals surface area (Å²) in [6.45, 7) is 2.92. The molecule has 0 saturated heterocycles. The summed E-state index contributed by atoms with van der Waals surface area (Å²) in [4.78, 5) is 3.61. The average Bonchev–Trinajstić information content (AvgIpc) is 3.16. The van der Waals surface area contributed by atoms with Gasteiger partial charge < -0.3 is 10.2 Å². The van der Waals surface area contributed by atoms with Crippen molar-refractivity contribution < 1.29 is 0 Å². The summed E-state index contributed by atoms with van der Waals surface area (Å²) in [7, 11) is 0. The molecule has 21 heavy (non-hydrogen) atoms. The number of aryl methyl sites for hydroxylation is 1. The van der Waals surface area contributed by atoms with E-state index in [1.165, 1.54) is 23.3 Å². The molecule has 1 aliphatic rings. The highest BCUT2D eigenvalue weighted by molar-refractivity contribution is 7.80. The normalized spacial score (nSPS) is 14.0. The number of thiocarbonyl (C=S) groups is 1. The Labute approximate surface area is 139 Å². The molecule has 0 spiro atoms. The van der Waals surface area contributed by atoms with E-state index in [2.05, 4.69) is 34.7 Å². The smallest absolute Gasteiger partial charge is 0.174 e. The first-order valence-electron chi connectivity index (χ1n) is 6.99. The van der Waals surface area contributed by atoms with Gasteiger partial charge in [0, 0.05) is 10.9 Å². The van der Waals surface area contributed by atoms with Crippen molar-refractivity contribution in [3.63, 3.8) is 0 Å². The molecule has 0 unspecified atom stereocenters. The Kier molecular flexibility index (Phi) is 4.48. The van der Waals surface area contributed by atoms with E-state index in [0.29, 0.717) is 11.1 Å². The fraction of sp³-hybridized carbons (Fsp3) is 0.312. The predicted octanol–water partition coefficient (Wildman–Crippen LogP) is 5.07. The van der Waals surface area contributed by atoms with Gasteiger partial charge in [0.25, 0.3) is 0 Å². The van der Waals surface area contributed by atoms with E-state index >= 15 is 0 Å². The van der Waals surface area contributed by atoms with E-state index in [0.717, 1.165) is 17.3 Å². The second kappa shape index (κ2) is 6.34. The van der Waals surface area contributed by atoms with Gasteiger partial charge in [-0.3, -0.25) is 0 Å². The highest BCUT2D eigenvalue weighted by Crippen LogP contribution is 2.31. The van der Waals surface area contributed by atoms with E-state index < -0.39 is 0 Å². The van der Waals surface area contributed by atoms with Crippen molar-refractivity contribution in [1.82, 2.24) is 4.90 Å². The van der Waals surface area contributed by atoms with Crippen molar-refractivity contribution in [1.29, 1.82) is 0 Å². The predicted molar refractivity (Wildman–Crippen MR) is 95.3 cm³/mol. The Balaban J connectivity index is 1.73. The number of hydrogen-bond donors (Lipinski definition) is 1. The van der Waals surface area contributed by atoms with Gasteiger partial charge in [0.15, 0.2) is 5.11 Å². The lowest BCUT2D eigenvalue weighted by Gasteiger charge is -2.25. The van der Waals surface area contributed by atoms with Crippen LogP contribution in [0.5, 0.6) is 0 Å². The molecule has 2 nitrogen and oxygen atoms in total. The number of anilines is 1. The first kappa shape index (κ1) is 14.8. The van der Waals surface area contributed by atoms with Crippen LogP contribution in [0.1, 0.15) is 23.3 Å². The molecule has 1 aromatic heterocycles. The molecule has 0 amide bonds. The van der Waals surface area contributed by atoms with Gasteiger partial charge >= 0.3 is 0 Å². The summed E-state index contributed by atoms with van der Waals surface area (Å²) in [6, 6.07) is 10.7. The third-order valence-electron chi connectivity index (χ3n) is 3.52. The van der Waals surface area contributed by atoms with E-state index in [9.17, 15) is 0 Å². The minimum atomic E-state index is 0.565. The van der Waals surface area contributed by atoms with E-state index in [4.69, 9.17) is 23.8 Å². The first-order chi connectivity index (χ1) is 10.1. The lowest BCUT2D eigenvalue weighted by atomic mass is 10.2. The lowest BCUT2D eigenvalue weighted by Crippen LogP contribution is -2.35. The fourth-order valence-corrected chi connectivity index (χ4v) is 3.44. The first-order valence-corrected chi connectivity index (χ1v) is 8.66. The molecule has 0 radical (unpaired) electrons. The van der Waals surface area contributed by atoms with Crippen LogP contribution in [0.25, 0.3) is 0 Å². The van der Waals surface area contributed by atoms with Crippen molar-refractivity contribution in [3.05, 3.63) is 51.2 Å². The molecule has 1 aromatic carbocycles. The Morgan fingerprint density at radius 2 is 2.24 bits per heavy atom. The van der Waals surface area contributed by atoms with Gasteiger partial charge in [-0.05, 0) is 61.1 Å². The number of hydrogen-bond acceptors (Lipinski definition) is 2. The summed E-state index contributed by atoms with van der Waals surface area (Å²) >= 11 is 13.6. The molecular weight excluding hydrogens is 320 g/mol. The van der Waals surface area contributed by atoms with Crippen molar-refractivity contribution >= 4 is 46.0 Å². The van der Waals surface area contributed by atoms with Crippen LogP contribution in [0.4, 0.5) is 5.69 Å². The lowest BCUT2D eigenvalue weighted by molar-refractivity contribution is 0.413. The molecule has 3 rings (SSSR count). The Morgan fingerprint density at radius 1 is 1.43 bits per heavy atom. The molecule has 1 N–H and O–H groups in total. The quantitative estimate of drug-likeness (QED) is 0.784. The van der Waals surface area contributed by atoms with Crippen LogP contribution in [-0.2, 0) is 6.54 Å². The van der Waals surface area contributed by atoms with Crippen LogP contribution in [0.2, 0.25) is 5.02 Å². The number of benzene rings is 1. The van der Waals surface area contributed by atoms with Gasteiger partial charge in [0.2, 0.25) is 0 Å². The second-order valence-electron chi connectivity index (χ2n) is 5.35. The molecule has 1 fully saturated rings. The molecule has 5 heteroatoms. The maximum atomic E-state index is 6.24. The molecule has 1 heterocycles. The SMILES string of the molecule is Cc1ccc(Cl)c(NC(=S)N(Cc2cccs2)C2CC2)c1. The van der Waals surface area contributed by atoms with Crippen molar-refractivity contribution in [2.24, 2.45) is 0 Å². The van der Waals surface area contributed by atoms with Gasteiger partial charge in [0.05, 0.1) is 17.3 Å². The van der Waals surface area contributed by atoms with Crippen molar-refractivity contribution in [2.75, 3.05) is 5.32 Å². The summed E-state index contributed by atoms with van der Waals surface area (Å²) in [5.41, 5.74) is 2.06. The highest BCUT2D eigenvalue weighted by Gasteiger charge is 2.31. The van der Waals surface area contributed by atoms with Crippen LogP contribution in [0.3, 0.4) is 0 Å². The maximum absolute atomic E-state index is 6.24. The summed E-state index contributed by atoms with van der Waals surface area (Å²) in [5.74, 6) is 0. The molecule has 1 aliphatic carbocycles. The molecule has 110 valence electrons. The number of nitrogens with one attached hydrogen (secondary N) is 1. The molecule has 1 saturated carbocycles. The van der Waals surface area contributed by atoms with Crippen LogP contribution in [0.15, 0.2) is 35.7 Å². The highest BCUT2D eigenvalue weighted by atomic mass is 35.5. The standard InChI is InChI=1S/C16H17ClN2S2/c1-11-4-7-14(17)15(9-11)18-16(20)19(12-5-6-12)10-13-3-2-8-21-13/h2-4,7-9,12H,5-6,10H2,1H3,(H,18,20). The Hall–Kier alpha value is -1.10. The van der Waals surface area contributed by atoms with Gasteiger partial charge in [-0.2, -0.15) is 0 Å². The van der Waals surface area contributed by atoms with Gasteiger partial charge in [-0.1, -0.05) is 23.7 Å². The molecule has 0 atom stereocenters. The Bertz CT molecular complexity index is 636. The van der Waals surface area contributed by atoms with Crippen molar-refractivity contribution in [3.8, 4) is 0 Å². The average molecular weight is 337 g/mol. The summed E-state index contributed by atoms with van der Waals surface area (Å²) < 4.78 is 0. The maximum Gasteiger partial charge on any atom is 0.174 e. The third-order valence-corrected chi connectivity index (χ3v) is 5.05. The second-order valence-corrected chi connectivity index (χ2v) is 7.18. The van der Waals surface area contributed by atoms with Crippen LogP contribution in [0, 0.1) is 6.92 Å². The van der Waals surface area contributed by atoms with Gasteiger partial charge in [0.1, 0.15) is 0 Å². The monoisotopic (exact) mass is 336 g/mol. The van der Waals surface area contributed by atoms with E-state index in [1.54, 1.807) is 11.3 Å². The van der Waals surface area contributed by atoms with Crippen LogP contribution in [-0.4, -0.2) is 16.1 Å². The Morgan fingerprint density at radius 3 is 2.90 bits per heavy atom. The van der Waals surface area contributed by atoms with E-state index in [-0.39, 0.29) is 0 Å². The zero-order valence-corrected chi connectivity index (χ0v) is 14.2. The third kappa shape index (κ3) is 3.76. The summed E-state index contributed by atoms with van der Waals surface area (Å²) in [5, 5.41) is 6.89. The largest absolute Gasteiger partial charge is 0.341 e. The van der Waals surface area contributed by atoms with Gasteiger partial charge in [-0.15, -0.1) is 11.3 Å². The molecular formula is C16H17ClN2S2. The van der Waals surface area contributed by atoms with Crippen LogP contribution >= 0.6 is 35.2 Å². The summed E-state index contributed by atoms with van der Waals surface area (Å²) in [6.07, 6.45) is 2.43. The zero-order chi connectivity index (χ0) is 14.8. The van der Waals surface area contributed by atoms with Gasteiger partial charge in [-0.25, -0.2) is 0 Å². The molecule has 0 aliphatic heterocycles. The minimum absolute atomic E-state index is 0.565.